The van der Waals surface area contributed by atoms with Crippen molar-refractivity contribution in [1.82, 2.24) is 0 Å². The normalized spacial score (nSPS) is 11.6. The minimum atomic E-state index is -4.49. The van der Waals surface area contributed by atoms with Crippen LogP contribution in [-0.4, -0.2) is 5.78 Å². The zero-order valence-electron chi connectivity index (χ0n) is 9.27. The molecule has 0 saturated heterocycles. The fourth-order valence-electron chi connectivity index (χ4n) is 1.47. The standard InChI is InChI=1S/C12H12F4O/c1-8(17)2-3-9-4-10(7-13)6-11(5-9)12(14,15)16/h4-6H,2-3,7H2,1H3. The van der Waals surface area contributed by atoms with Crippen molar-refractivity contribution in [3.63, 3.8) is 0 Å². The predicted molar refractivity (Wildman–Crippen MR) is 55.3 cm³/mol. The van der Waals surface area contributed by atoms with Crippen molar-refractivity contribution in [2.24, 2.45) is 0 Å². The Morgan fingerprint density at radius 3 is 2.24 bits per heavy atom. The number of carbonyl (C=O) groups is 1. The molecule has 0 aromatic heterocycles. The van der Waals surface area contributed by atoms with E-state index in [0.29, 0.717) is 5.56 Å². The molecule has 0 spiro atoms. The maximum absolute atomic E-state index is 12.5. The number of aryl methyl sites for hydroxylation is 1. The van der Waals surface area contributed by atoms with E-state index in [9.17, 15) is 22.4 Å². The van der Waals surface area contributed by atoms with E-state index in [1.807, 2.05) is 0 Å². The largest absolute Gasteiger partial charge is 0.416 e. The lowest BCUT2D eigenvalue weighted by atomic mass is 10.0. The van der Waals surface area contributed by atoms with E-state index in [1.165, 1.54) is 13.0 Å². The molecule has 0 N–H and O–H groups in total. The molecular weight excluding hydrogens is 236 g/mol. The van der Waals surface area contributed by atoms with E-state index in [1.54, 1.807) is 0 Å². The lowest BCUT2D eigenvalue weighted by molar-refractivity contribution is -0.137. The van der Waals surface area contributed by atoms with Crippen molar-refractivity contribution >= 4 is 5.78 Å². The van der Waals surface area contributed by atoms with Crippen LogP contribution in [0.15, 0.2) is 18.2 Å². The summed E-state index contributed by atoms with van der Waals surface area (Å²) in [5, 5.41) is 0. The Morgan fingerprint density at radius 1 is 1.18 bits per heavy atom. The first-order valence-electron chi connectivity index (χ1n) is 5.08. The fourth-order valence-corrected chi connectivity index (χ4v) is 1.47. The van der Waals surface area contributed by atoms with Gasteiger partial charge < -0.3 is 4.79 Å². The molecule has 0 atom stereocenters. The Labute approximate surface area is 96.4 Å². The maximum Gasteiger partial charge on any atom is 0.416 e. The van der Waals surface area contributed by atoms with Gasteiger partial charge >= 0.3 is 6.18 Å². The van der Waals surface area contributed by atoms with Crippen LogP contribution < -0.4 is 0 Å². The smallest absolute Gasteiger partial charge is 0.300 e. The summed E-state index contributed by atoms with van der Waals surface area (Å²) < 4.78 is 49.9. The molecule has 0 heterocycles. The first kappa shape index (κ1) is 13.7. The zero-order valence-corrected chi connectivity index (χ0v) is 9.27. The van der Waals surface area contributed by atoms with E-state index in [0.717, 1.165) is 12.1 Å². The molecule has 0 aliphatic rings. The van der Waals surface area contributed by atoms with Gasteiger partial charge in [-0.1, -0.05) is 6.07 Å². The highest BCUT2D eigenvalue weighted by Gasteiger charge is 2.31. The van der Waals surface area contributed by atoms with Gasteiger partial charge in [-0.2, -0.15) is 13.2 Å². The number of carbonyl (C=O) groups excluding carboxylic acids is 1. The fraction of sp³-hybridized carbons (Fsp3) is 0.417. The number of ketones is 1. The summed E-state index contributed by atoms with van der Waals surface area (Å²) in [6, 6.07) is 3.11. The molecule has 1 nitrogen and oxygen atoms in total. The van der Waals surface area contributed by atoms with E-state index in [2.05, 4.69) is 0 Å². The van der Waals surface area contributed by atoms with Gasteiger partial charge in [0.05, 0.1) is 5.56 Å². The number of alkyl halides is 4. The van der Waals surface area contributed by atoms with Crippen molar-refractivity contribution in [3.8, 4) is 0 Å². The summed E-state index contributed by atoms with van der Waals surface area (Å²) in [4.78, 5) is 10.8. The lowest BCUT2D eigenvalue weighted by Crippen LogP contribution is -2.07. The van der Waals surface area contributed by atoms with Crippen molar-refractivity contribution < 1.29 is 22.4 Å². The average molecular weight is 248 g/mol. The van der Waals surface area contributed by atoms with Crippen LogP contribution in [0.25, 0.3) is 0 Å². The Balaban J connectivity index is 3.01. The molecule has 1 aromatic carbocycles. The first-order valence-corrected chi connectivity index (χ1v) is 5.08. The van der Waals surface area contributed by atoms with Gasteiger partial charge in [-0.15, -0.1) is 0 Å². The third kappa shape index (κ3) is 4.17. The molecule has 0 aliphatic carbocycles. The van der Waals surface area contributed by atoms with Crippen molar-refractivity contribution in [3.05, 3.63) is 34.9 Å². The summed E-state index contributed by atoms with van der Waals surface area (Å²) in [5.74, 6) is -0.107. The Hall–Kier alpha value is -1.39. The van der Waals surface area contributed by atoms with Gasteiger partial charge in [-0.25, -0.2) is 4.39 Å². The number of hydrogen-bond donors (Lipinski definition) is 0. The molecule has 1 aromatic rings. The first-order chi connectivity index (χ1) is 7.82. The number of Topliss-reactive ketones (excluding diaryl/α,β-unsaturated/α-hetero) is 1. The second-order valence-electron chi connectivity index (χ2n) is 3.87. The number of hydrogen-bond acceptors (Lipinski definition) is 1. The van der Waals surface area contributed by atoms with Crippen LogP contribution in [0.4, 0.5) is 17.6 Å². The maximum atomic E-state index is 12.5. The summed E-state index contributed by atoms with van der Waals surface area (Å²) >= 11 is 0. The highest BCUT2D eigenvalue weighted by atomic mass is 19.4. The monoisotopic (exact) mass is 248 g/mol. The molecule has 0 bridgehead atoms. The van der Waals surface area contributed by atoms with Crippen LogP contribution in [0.3, 0.4) is 0 Å². The van der Waals surface area contributed by atoms with Gasteiger partial charge in [0.15, 0.2) is 0 Å². The molecule has 94 valence electrons. The third-order valence-corrected chi connectivity index (χ3v) is 2.30. The summed E-state index contributed by atoms with van der Waals surface area (Å²) in [7, 11) is 0. The van der Waals surface area contributed by atoms with Crippen LogP contribution in [0.5, 0.6) is 0 Å². The quantitative estimate of drug-likeness (QED) is 0.742. The molecule has 0 fully saturated rings. The van der Waals surface area contributed by atoms with Crippen molar-refractivity contribution in [2.45, 2.75) is 32.6 Å². The SMILES string of the molecule is CC(=O)CCc1cc(CF)cc(C(F)(F)F)c1. The van der Waals surface area contributed by atoms with Crippen LogP contribution >= 0.6 is 0 Å². The Bertz CT molecular complexity index is 409. The number of benzene rings is 1. The summed E-state index contributed by atoms with van der Waals surface area (Å²) in [5.41, 5.74) is -0.549. The second kappa shape index (κ2) is 5.29. The predicted octanol–water partition coefficient (Wildman–Crippen LogP) is 3.70. The van der Waals surface area contributed by atoms with Crippen LogP contribution in [-0.2, 0) is 24.1 Å². The summed E-state index contributed by atoms with van der Waals surface area (Å²) in [6.07, 6.45) is -4.13. The molecule has 5 heteroatoms. The molecule has 0 aliphatic heterocycles. The second-order valence-corrected chi connectivity index (χ2v) is 3.87. The molecule has 0 saturated carbocycles. The molecule has 0 amide bonds. The minimum Gasteiger partial charge on any atom is -0.300 e. The van der Waals surface area contributed by atoms with E-state index in [4.69, 9.17) is 0 Å². The van der Waals surface area contributed by atoms with Gasteiger partial charge in [-0.3, -0.25) is 0 Å². The Kier molecular flexibility index (Phi) is 4.26. The van der Waals surface area contributed by atoms with Crippen LogP contribution in [0.1, 0.15) is 30.0 Å². The van der Waals surface area contributed by atoms with Gasteiger partial charge in [0.2, 0.25) is 0 Å². The topological polar surface area (TPSA) is 17.1 Å². The van der Waals surface area contributed by atoms with E-state index < -0.39 is 18.4 Å². The zero-order chi connectivity index (χ0) is 13.1. The molecule has 0 radical (unpaired) electrons. The Morgan fingerprint density at radius 2 is 1.76 bits per heavy atom. The van der Waals surface area contributed by atoms with Gasteiger partial charge in [0.1, 0.15) is 12.5 Å². The van der Waals surface area contributed by atoms with Crippen LogP contribution in [0.2, 0.25) is 0 Å². The molecular formula is C12H12F4O. The summed E-state index contributed by atoms with van der Waals surface area (Å²) in [6.45, 7) is 0.417. The van der Waals surface area contributed by atoms with Gasteiger partial charge in [-0.05, 0) is 36.6 Å². The molecule has 17 heavy (non-hydrogen) atoms. The van der Waals surface area contributed by atoms with Crippen molar-refractivity contribution in [2.75, 3.05) is 0 Å². The third-order valence-electron chi connectivity index (χ3n) is 2.30. The van der Waals surface area contributed by atoms with E-state index >= 15 is 0 Å². The molecule has 1 rings (SSSR count). The van der Waals surface area contributed by atoms with Crippen LogP contribution in [0, 0.1) is 0 Å². The highest BCUT2D eigenvalue weighted by Crippen LogP contribution is 2.31. The van der Waals surface area contributed by atoms with Gasteiger partial charge in [0.25, 0.3) is 0 Å². The number of rotatable bonds is 4. The van der Waals surface area contributed by atoms with E-state index in [-0.39, 0.29) is 24.2 Å². The number of halogens is 4. The lowest BCUT2D eigenvalue weighted by Gasteiger charge is -2.10. The minimum absolute atomic E-state index is 0.0154. The van der Waals surface area contributed by atoms with Gasteiger partial charge in [0, 0.05) is 6.42 Å². The highest BCUT2D eigenvalue weighted by molar-refractivity contribution is 5.75. The molecule has 0 unspecified atom stereocenters. The average Bonchev–Trinajstić information content (AvgIpc) is 2.24. The van der Waals surface area contributed by atoms with Crippen molar-refractivity contribution in [1.29, 1.82) is 0 Å².